The molecular formula is C24H21NO3. The molecule has 4 heteroatoms. The first-order chi connectivity index (χ1) is 13.7. The summed E-state index contributed by atoms with van der Waals surface area (Å²) in [6.07, 6.45) is 0. The highest BCUT2D eigenvalue weighted by atomic mass is 16.5. The number of hydrogen-bond donors (Lipinski definition) is 0. The van der Waals surface area contributed by atoms with Crippen molar-refractivity contribution in [2.45, 2.75) is 12.5 Å². The van der Waals surface area contributed by atoms with Crippen molar-refractivity contribution < 1.29 is 14.3 Å². The summed E-state index contributed by atoms with van der Waals surface area (Å²) in [5.41, 5.74) is 2.39. The van der Waals surface area contributed by atoms with Gasteiger partial charge in [-0.25, -0.2) is 4.99 Å². The van der Waals surface area contributed by atoms with Crippen molar-refractivity contribution in [3.05, 3.63) is 95.6 Å². The van der Waals surface area contributed by atoms with Gasteiger partial charge in [0.25, 0.3) is 0 Å². The van der Waals surface area contributed by atoms with E-state index in [1.807, 2.05) is 85.8 Å². The molecule has 1 aliphatic rings. The predicted octanol–water partition coefficient (Wildman–Crippen LogP) is 4.94. The number of nitrogens with zero attached hydrogens (tertiary/aromatic N) is 1. The number of aliphatic imine (C=N–C) groups is 1. The van der Waals surface area contributed by atoms with Gasteiger partial charge in [-0.3, -0.25) is 4.79 Å². The van der Waals surface area contributed by atoms with Crippen LogP contribution in [0.1, 0.15) is 28.4 Å². The van der Waals surface area contributed by atoms with Crippen molar-refractivity contribution >= 4 is 17.2 Å². The number of fused-ring (bicyclic) bond motifs is 1. The van der Waals surface area contributed by atoms with Crippen LogP contribution in [-0.4, -0.2) is 25.2 Å². The van der Waals surface area contributed by atoms with E-state index in [0.29, 0.717) is 23.6 Å². The zero-order valence-electron chi connectivity index (χ0n) is 15.9. The molecule has 4 nitrogen and oxygen atoms in total. The highest BCUT2D eigenvalue weighted by Gasteiger charge is 2.51. The van der Waals surface area contributed by atoms with Crippen LogP contribution >= 0.6 is 0 Å². The van der Waals surface area contributed by atoms with E-state index in [0.717, 1.165) is 16.9 Å². The number of carbonyl (C=O) groups is 1. The van der Waals surface area contributed by atoms with E-state index < -0.39 is 5.60 Å². The van der Waals surface area contributed by atoms with Gasteiger partial charge >= 0.3 is 0 Å². The second-order valence-electron chi connectivity index (χ2n) is 6.51. The molecule has 0 saturated heterocycles. The molecule has 0 heterocycles. The van der Waals surface area contributed by atoms with Crippen molar-refractivity contribution in [2.24, 2.45) is 4.99 Å². The number of methoxy groups -OCH3 is 1. The highest BCUT2D eigenvalue weighted by molar-refractivity contribution is 6.53. The van der Waals surface area contributed by atoms with Crippen LogP contribution < -0.4 is 4.74 Å². The SMILES string of the molecule is CCOC1(c2ccccc2)C(=Nc2ccc(OC)cc2)C(=O)c2ccccc21. The third-order valence-electron chi connectivity index (χ3n) is 4.95. The van der Waals surface area contributed by atoms with E-state index in [4.69, 9.17) is 14.5 Å². The fourth-order valence-electron chi connectivity index (χ4n) is 3.73. The maximum absolute atomic E-state index is 13.4. The molecule has 0 aromatic heterocycles. The lowest BCUT2D eigenvalue weighted by atomic mass is 9.86. The Kier molecular flexibility index (Phi) is 4.80. The van der Waals surface area contributed by atoms with Crippen molar-refractivity contribution in [3.8, 4) is 5.75 Å². The Hall–Kier alpha value is -3.24. The largest absolute Gasteiger partial charge is 0.497 e. The van der Waals surface area contributed by atoms with Crippen molar-refractivity contribution in [3.63, 3.8) is 0 Å². The van der Waals surface area contributed by atoms with Gasteiger partial charge in [-0.2, -0.15) is 0 Å². The molecule has 4 rings (SSSR count). The summed E-state index contributed by atoms with van der Waals surface area (Å²) in [7, 11) is 1.62. The molecule has 3 aromatic carbocycles. The summed E-state index contributed by atoms with van der Waals surface area (Å²) in [6, 6.07) is 24.7. The monoisotopic (exact) mass is 371 g/mol. The second kappa shape index (κ2) is 7.41. The van der Waals surface area contributed by atoms with Gasteiger partial charge in [0.05, 0.1) is 12.8 Å². The van der Waals surface area contributed by atoms with Gasteiger partial charge in [0.15, 0.2) is 5.60 Å². The maximum Gasteiger partial charge on any atom is 0.211 e. The van der Waals surface area contributed by atoms with Crippen LogP contribution in [0, 0.1) is 0 Å². The molecule has 28 heavy (non-hydrogen) atoms. The third-order valence-corrected chi connectivity index (χ3v) is 4.95. The van der Waals surface area contributed by atoms with Crippen LogP contribution in [-0.2, 0) is 10.3 Å². The fraction of sp³-hybridized carbons (Fsp3) is 0.167. The minimum Gasteiger partial charge on any atom is -0.497 e. The molecule has 0 amide bonds. The summed E-state index contributed by atoms with van der Waals surface area (Å²) in [6.45, 7) is 2.37. The van der Waals surface area contributed by atoms with Crippen molar-refractivity contribution in [1.82, 2.24) is 0 Å². The lowest BCUT2D eigenvalue weighted by Crippen LogP contribution is -2.38. The van der Waals surface area contributed by atoms with Crippen molar-refractivity contribution in [2.75, 3.05) is 13.7 Å². The summed E-state index contributed by atoms with van der Waals surface area (Å²) in [5.74, 6) is 0.632. The maximum atomic E-state index is 13.4. The molecule has 140 valence electrons. The number of benzene rings is 3. The van der Waals surface area contributed by atoms with E-state index in [9.17, 15) is 4.79 Å². The van der Waals surface area contributed by atoms with Crippen LogP contribution in [0.2, 0.25) is 0 Å². The first-order valence-corrected chi connectivity index (χ1v) is 9.27. The third kappa shape index (κ3) is 2.83. The van der Waals surface area contributed by atoms with Crippen LogP contribution in [0.25, 0.3) is 0 Å². The topological polar surface area (TPSA) is 47.9 Å². The normalized spacial score (nSPS) is 19.6. The molecule has 0 saturated carbocycles. The first kappa shape index (κ1) is 18.1. The minimum atomic E-state index is -1.02. The molecule has 0 N–H and O–H groups in total. The average Bonchev–Trinajstić information content (AvgIpc) is 2.99. The Labute approximate surface area is 164 Å². The Bertz CT molecular complexity index is 1030. The summed E-state index contributed by atoms with van der Waals surface area (Å²) < 4.78 is 11.5. The number of carbonyl (C=O) groups excluding carboxylic acids is 1. The molecule has 0 aliphatic heterocycles. The van der Waals surface area contributed by atoms with Gasteiger partial charge in [0.1, 0.15) is 11.5 Å². The summed E-state index contributed by atoms with van der Waals surface area (Å²) in [5, 5.41) is 0. The minimum absolute atomic E-state index is 0.108. The summed E-state index contributed by atoms with van der Waals surface area (Å²) in [4.78, 5) is 18.1. The van der Waals surface area contributed by atoms with E-state index in [-0.39, 0.29) is 5.78 Å². The summed E-state index contributed by atoms with van der Waals surface area (Å²) >= 11 is 0. The van der Waals surface area contributed by atoms with Crippen LogP contribution in [0.4, 0.5) is 5.69 Å². The van der Waals surface area contributed by atoms with E-state index in [2.05, 4.69) is 0 Å². The van der Waals surface area contributed by atoms with Crippen molar-refractivity contribution in [1.29, 1.82) is 0 Å². The van der Waals surface area contributed by atoms with Gasteiger partial charge in [-0.1, -0.05) is 54.6 Å². The molecule has 1 atom stereocenters. The molecule has 1 unspecified atom stereocenters. The van der Waals surface area contributed by atoms with Gasteiger partial charge in [0.2, 0.25) is 5.78 Å². The average molecular weight is 371 g/mol. The zero-order valence-corrected chi connectivity index (χ0v) is 15.9. The standard InChI is InChI=1S/C24H21NO3/c1-3-28-24(17-9-5-4-6-10-17)21-12-8-7-11-20(21)22(26)23(24)25-18-13-15-19(27-2)16-14-18/h4-16H,3H2,1-2H3. The quantitative estimate of drug-likeness (QED) is 0.638. The number of Topliss-reactive ketones (excluding diaryl/α,β-unsaturated/α-hetero) is 1. The lowest BCUT2D eigenvalue weighted by Gasteiger charge is -2.31. The molecule has 0 bridgehead atoms. The van der Waals surface area contributed by atoms with Gasteiger partial charge in [-0.05, 0) is 36.8 Å². The molecule has 0 fully saturated rings. The molecule has 0 radical (unpaired) electrons. The van der Waals surface area contributed by atoms with E-state index in [1.54, 1.807) is 7.11 Å². The zero-order chi connectivity index (χ0) is 19.6. The Morgan fingerprint density at radius 3 is 2.25 bits per heavy atom. The molecular weight excluding hydrogens is 350 g/mol. The van der Waals surface area contributed by atoms with Crippen LogP contribution in [0.3, 0.4) is 0 Å². The highest BCUT2D eigenvalue weighted by Crippen LogP contribution is 2.44. The Balaban J connectivity index is 1.97. The van der Waals surface area contributed by atoms with E-state index >= 15 is 0 Å². The van der Waals surface area contributed by atoms with Crippen LogP contribution in [0.15, 0.2) is 83.9 Å². The van der Waals surface area contributed by atoms with Gasteiger partial charge in [-0.15, -0.1) is 0 Å². The number of hydrogen-bond acceptors (Lipinski definition) is 4. The van der Waals surface area contributed by atoms with Gasteiger partial charge < -0.3 is 9.47 Å². The molecule has 0 spiro atoms. The fourth-order valence-corrected chi connectivity index (χ4v) is 3.73. The number of rotatable bonds is 5. The molecule has 3 aromatic rings. The number of ketones is 1. The smallest absolute Gasteiger partial charge is 0.211 e. The second-order valence-corrected chi connectivity index (χ2v) is 6.51. The van der Waals surface area contributed by atoms with E-state index in [1.165, 1.54) is 0 Å². The van der Waals surface area contributed by atoms with Gasteiger partial charge in [0, 0.05) is 17.7 Å². The predicted molar refractivity (Wildman–Crippen MR) is 110 cm³/mol. The first-order valence-electron chi connectivity index (χ1n) is 9.27. The Morgan fingerprint density at radius 1 is 0.893 bits per heavy atom. The molecule has 1 aliphatic carbocycles. The van der Waals surface area contributed by atoms with Crippen LogP contribution in [0.5, 0.6) is 5.75 Å². The lowest BCUT2D eigenvalue weighted by molar-refractivity contribution is 0.0456. The number of ether oxygens (including phenoxy) is 2. The Morgan fingerprint density at radius 2 is 1.57 bits per heavy atom.